The Labute approximate surface area is 116 Å². The van der Waals surface area contributed by atoms with Gasteiger partial charge in [0.25, 0.3) is 0 Å². The summed E-state index contributed by atoms with van der Waals surface area (Å²) in [5.74, 6) is 0. The first-order valence-corrected chi connectivity index (χ1v) is 7.68. The van der Waals surface area contributed by atoms with Gasteiger partial charge in [0.05, 0.1) is 12.2 Å². The molecular weight excluding hydrogens is 268 g/mol. The van der Waals surface area contributed by atoms with Crippen LogP contribution in [0.25, 0.3) is 0 Å². The molecule has 0 radical (unpaired) electrons. The van der Waals surface area contributed by atoms with Crippen molar-refractivity contribution < 1.29 is 13.5 Å². The number of nitrogens with one attached hydrogen (secondary N) is 1. The maximum absolute atomic E-state index is 12.5. The molecule has 106 valence electrons. The summed E-state index contributed by atoms with van der Waals surface area (Å²) in [6.45, 7) is 3.81. The van der Waals surface area contributed by atoms with Gasteiger partial charge < -0.3 is 10.1 Å². The molecule has 0 aliphatic carbocycles. The summed E-state index contributed by atoms with van der Waals surface area (Å²) in [6, 6.07) is 2.39. The van der Waals surface area contributed by atoms with Gasteiger partial charge in [-0.25, -0.2) is 8.78 Å². The van der Waals surface area contributed by atoms with Crippen LogP contribution in [0.2, 0.25) is 0 Å². The molecule has 1 saturated heterocycles. The SMILES string of the molecule is C[C@H]1CC2(CCN1)OCCc1sc(CC(F)F)cc12. The topological polar surface area (TPSA) is 21.3 Å². The van der Waals surface area contributed by atoms with Crippen molar-refractivity contribution in [2.75, 3.05) is 13.2 Å². The van der Waals surface area contributed by atoms with E-state index in [-0.39, 0.29) is 12.0 Å². The standard InChI is InChI=1S/C14H19F2NOS/c1-9-8-14(3-4-17-9)11-6-10(7-13(15)16)19-12(11)2-5-18-14/h6,9,13,17H,2-5,7-8H2,1H3/t9-,14?/m0/s1. The van der Waals surface area contributed by atoms with Crippen LogP contribution in [0, 0.1) is 0 Å². The zero-order chi connectivity index (χ0) is 13.5. The summed E-state index contributed by atoms with van der Waals surface area (Å²) in [7, 11) is 0. The van der Waals surface area contributed by atoms with Crippen LogP contribution in [-0.2, 0) is 23.2 Å². The third-order valence-electron chi connectivity index (χ3n) is 4.07. The van der Waals surface area contributed by atoms with Gasteiger partial charge in [-0.15, -0.1) is 11.3 Å². The van der Waals surface area contributed by atoms with Crippen molar-refractivity contribution in [2.24, 2.45) is 0 Å². The van der Waals surface area contributed by atoms with E-state index in [4.69, 9.17) is 4.74 Å². The molecule has 2 aliphatic heterocycles. The van der Waals surface area contributed by atoms with Crippen LogP contribution in [-0.4, -0.2) is 25.6 Å². The molecule has 2 nitrogen and oxygen atoms in total. The van der Waals surface area contributed by atoms with Gasteiger partial charge >= 0.3 is 0 Å². The van der Waals surface area contributed by atoms with E-state index < -0.39 is 6.43 Å². The minimum absolute atomic E-state index is 0.123. The van der Waals surface area contributed by atoms with Crippen LogP contribution in [0.3, 0.4) is 0 Å². The highest BCUT2D eigenvalue weighted by Gasteiger charge is 2.42. The number of alkyl halides is 2. The van der Waals surface area contributed by atoms with E-state index in [1.807, 2.05) is 6.07 Å². The Morgan fingerprint density at radius 3 is 3.16 bits per heavy atom. The molecule has 5 heteroatoms. The van der Waals surface area contributed by atoms with Gasteiger partial charge in [-0.3, -0.25) is 0 Å². The normalized spacial score (nSPS) is 30.8. The van der Waals surface area contributed by atoms with Crippen LogP contribution in [0.4, 0.5) is 8.78 Å². The molecular formula is C14H19F2NOS. The highest BCUT2D eigenvalue weighted by atomic mass is 32.1. The molecule has 1 spiro atoms. The van der Waals surface area contributed by atoms with E-state index in [9.17, 15) is 8.78 Å². The largest absolute Gasteiger partial charge is 0.370 e. The van der Waals surface area contributed by atoms with Crippen molar-refractivity contribution in [3.8, 4) is 0 Å². The Morgan fingerprint density at radius 1 is 1.58 bits per heavy atom. The quantitative estimate of drug-likeness (QED) is 0.902. The Hall–Kier alpha value is -0.520. The Bertz CT molecular complexity index is 462. The molecule has 1 aromatic rings. The van der Waals surface area contributed by atoms with Gasteiger partial charge in [-0.1, -0.05) is 0 Å². The molecule has 1 unspecified atom stereocenters. The van der Waals surface area contributed by atoms with Crippen molar-refractivity contribution in [3.63, 3.8) is 0 Å². The average molecular weight is 287 g/mol. The summed E-state index contributed by atoms with van der Waals surface area (Å²) < 4.78 is 31.2. The third-order valence-corrected chi connectivity index (χ3v) is 5.29. The average Bonchev–Trinajstić information content (AvgIpc) is 2.72. The van der Waals surface area contributed by atoms with Crippen molar-refractivity contribution >= 4 is 11.3 Å². The lowest BCUT2D eigenvalue weighted by molar-refractivity contribution is -0.0870. The summed E-state index contributed by atoms with van der Waals surface area (Å²) in [5.41, 5.74) is 0.961. The number of halogens is 2. The first-order valence-electron chi connectivity index (χ1n) is 6.87. The molecule has 1 aromatic heterocycles. The molecule has 0 amide bonds. The van der Waals surface area contributed by atoms with Crippen molar-refractivity contribution in [1.82, 2.24) is 5.32 Å². The summed E-state index contributed by atoms with van der Waals surface area (Å²) >= 11 is 1.55. The Morgan fingerprint density at radius 2 is 2.42 bits per heavy atom. The second kappa shape index (κ2) is 5.11. The Balaban J connectivity index is 1.92. The fourth-order valence-corrected chi connectivity index (χ4v) is 4.53. The predicted octanol–water partition coefficient (Wildman–Crippen LogP) is 3.10. The predicted molar refractivity (Wildman–Crippen MR) is 72.1 cm³/mol. The molecule has 0 saturated carbocycles. The van der Waals surface area contributed by atoms with Crippen LogP contribution in [0.1, 0.15) is 35.1 Å². The highest BCUT2D eigenvalue weighted by molar-refractivity contribution is 7.12. The second-order valence-electron chi connectivity index (χ2n) is 5.55. The summed E-state index contributed by atoms with van der Waals surface area (Å²) in [5, 5.41) is 3.43. The van der Waals surface area contributed by atoms with Crippen LogP contribution < -0.4 is 5.32 Å². The maximum Gasteiger partial charge on any atom is 0.243 e. The molecule has 2 atom stereocenters. The lowest BCUT2D eigenvalue weighted by Crippen LogP contribution is -2.48. The molecule has 1 N–H and O–H groups in total. The van der Waals surface area contributed by atoms with Crippen molar-refractivity contribution in [3.05, 3.63) is 21.4 Å². The zero-order valence-corrected chi connectivity index (χ0v) is 11.9. The molecule has 3 rings (SSSR count). The third kappa shape index (κ3) is 2.56. The van der Waals surface area contributed by atoms with E-state index in [1.165, 1.54) is 10.4 Å². The number of thiophene rings is 1. The van der Waals surface area contributed by atoms with Gasteiger partial charge in [-0.05, 0) is 37.9 Å². The fraction of sp³-hybridized carbons (Fsp3) is 0.714. The molecule has 3 heterocycles. The fourth-order valence-electron chi connectivity index (χ4n) is 3.29. The Kier molecular flexibility index (Phi) is 3.62. The second-order valence-corrected chi connectivity index (χ2v) is 6.77. The maximum atomic E-state index is 12.5. The number of piperidine rings is 1. The first-order chi connectivity index (χ1) is 9.09. The number of fused-ring (bicyclic) bond motifs is 2. The van der Waals surface area contributed by atoms with Gasteiger partial charge in [0, 0.05) is 28.6 Å². The van der Waals surface area contributed by atoms with Crippen LogP contribution in [0.5, 0.6) is 0 Å². The van der Waals surface area contributed by atoms with Gasteiger partial charge in [-0.2, -0.15) is 0 Å². The molecule has 0 aromatic carbocycles. The van der Waals surface area contributed by atoms with Crippen molar-refractivity contribution in [1.29, 1.82) is 0 Å². The van der Waals surface area contributed by atoms with Gasteiger partial charge in [0.15, 0.2) is 0 Å². The van der Waals surface area contributed by atoms with Crippen LogP contribution >= 0.6 is 11.3 Å². The molecule has 2 aliphatic rings. The minimum Gasteiger partial charge on any atom is -0.370 e. The molecule has 19 heavy (non-hydrogen) atoms. The smallest absolute Gasteiger partial charge is 0.243 e. The first kappa shape index (κ1) is 13.5. The number of hydrogen-bond acceptors (Lipinski definition) is 3. The minimum atomic E-state index is -2.26. The summed E-state index contributed by atoms with van der Waals surface area (Å²) in [6.07, 6.45) is 0.359. The molecule has 0 bridgehead atoms. The molecule has 1 fully saturated rings. The number of hydrogen-bond donors (Lipinski definition) is 1. The van der Waals surface area contributed by atoms with E-state index in [0.717, 1.165) is 30.7 Å². The number of rotatable bonds is 2. The van der Waals surface area contributed by atoms with E-state index >= 15 is 0 Å². The van der Waals surface area contributed by atoms with E-state index in [0.29, 0.717) is 12.6 Å². The lowest BCUT2D eigenvalue weighted by atomic mass is 9.80. The monoisotopic (exact) mass is 287 g/mol. The van der Waals surface area contributed by atoms with Gasteiger partial charge in [0.1, 0.15) is 0 Å². The number of ether oxygens (including phenoxy) is 1. The lowest BCUT2D eigenvalue weighted by Gasteiger charge is -2.43. The highest BCUT2D eigenvalue weighted by Crippen LogP contribution is 2.44. The van der Waals surface area contributed by atoms with Gasteiger partial charge in [0.2, 0.25) is 6.43 Å². The van der Waals surface area contributed by atoms with E-state index in [1.54, 1.807) is 11.3 Å². The van der Waals surface area contributed by atoms with E-state index in [2.05, 4.69) is 12.2 Å². The van der Waals surface area contributed by atoms with Crippen LogP contribution in [0.15, 0.2) is 6.07 Å². The zero-order valence-electron chi connectivity index (χ0n) is 11.0. The van der Waals surface area contributed by atoms with Crippen molar-refractivity contribution in [2.45, 2.75) is 50.7 Å². The summed E-state index contributed by atoms with van der Waals surface area (Å²) in [4.78, 5) is 2.06.